The minimum absolute atomic E-state index is 1.09. The molecule has 9 aromatic carbocycles. The molecule has 0 aliphatic heterocycles. The van der Waals surface area contributed by atoms with E-state index >= 15 is 0 Å². The lowest BCUT2D eigenvalue weighted by Gasteiger charge is -2.30. The summed E-state index contributed by atoms with van der Waals surface area (Å²) in [5.74, 6) is 0. The van der Waals surface area contributed by atoms with Crippen LogP contribution < -0.4 is 4.90 Å². The quantitative estimate of drug-likeness (QED) is 0.152. The molecule has 0 aliphatic rings. The molecule has 1 aromatic heterocycles. The van der Waals surface area contributed by atoms with Crippen LogP contribution in [0.15, 0.2) is 231 Å². The van der Waals surface area contributed by atoms with Crippen molar-refractivity contribution < 1.29 is 0 Å². The second kappa shape index (κ2) is 14.4. The van der Waals surface area contributed by atoms with Crippen molar-refractivity contribution in [2.45, 2.75) is 0 Å². The molecular weight excluding hydrogens is 677 g/mol. The number of benzene rings is 9. The van der Waals surface area contributed by atoms with Crippen LogP contribution in [-0.4, -0.2) is 4.57 Å². The van der Waals surface area contributed by atoms with E-state index in [1.165, 1.54) is 66.3 Å². The number of rotatable bonds is 8. The number of para-hydroxylation sites is 3. The Morgan fingerprint density at radius 3 is 1.34 bits per heavy atom. The Bertz CT molecular complexity index is 2870. The van der Waals surface area contributed by atoms with Crippen LogP contribution in [0.5, 0.6) is 0 Å². The van der Waals surface area contributed by atoms with Gasteiger partial charge in [-0.05, 0) is 93.5 Å². The van der Waals surface area contributed by atoms with E-state index in [0.717, 1.165) is 22.7 Å². The van der Waals surface area contributed by atoms with Gasteiger partial charge in [0.25, 0.3) is 0 Å². The van der Waals surface area contributed by atoms with Gasteiger partial charge in [0.2, 0.25) is 0 Å². The lowest BCUT2D eigenvalue weighted by Crippen LogP contribution is -2.12. The predicted molar refractivity (Wildman–Crippen MR) is 237 cm³/mol. The Labute approximate surface area is 327 Å². The van der Waals surface area contributed by atoms with E-state index in [4.69, 9.17) is 0 Å². The molecule has 2 nitrogen and oxygen atoms in total. The van der Waals surface area contributed by atoms with Crippen molar-refractivity contribution in [1.82, 2.24) is 4.57 Å². The molecule has 10 aromatic rings. The molecule has 56 heavy (non-hydrogen) atoms. The molecule has 0 radical (unpaired) electrons. The molecule has 0 saturated carbocycles. The highest BCUT2D eigenvalue weighted by molar-refractivity contribution is 6.09. The maximum atomic E-state index is 2.40. The van der Waals surface area contributed by atoms with E-state index in [0.29, 0.717) is 0 Å². The third-order valence-corrected chi connectivity index (χ3v) is 10.8. The van der Waals surface area contributed by atoms with E-state index in [-0.39, 0.29) is 0 Å². The maximum absolute atomic E-state index is 2.40. The predicted octanol–water partition coefficient (Wildman–Crippen LogP) is 14.9. The second-order valence-electron chi connectivity index (χ2n) is 14.1. The number of anilines is 3. The van der Waals surface area contributed by atoms with Crippen LogP contribution in [-0.2, 0) is 0 Å². The van der Waals surface area contributed by atoms with Gasteiger partial charge in [0.1, 0.15) is 0 Å². The summed E-state index contributed by atoms with van der Waals surface area (Å²) in [5.41, 5.74) is 16.4. The average Bonchev–Trinajstić information content (AvgIpc) is 3.62. The Morgan fingerprint density at radius 2 is 0.732 bits per heavy atom. The Hall–Kier alpha value is -7.42. The summed E-state index contributed by atoms with van der Waals surface area (Å²) >= 11 is 0. The Morgan fingerprint density at radius 1 is 0.286 bits per heavy atom. The fourth-order valence-electron chi connectivity index (χ4n) is 8.25. The molecule has 10 rings (SSSR count). The van der Waals surface area contributed by atoms with Crippen LogP contribution in [0.4, 0.5) is 17.1 Å². The molecule has 2 heteroatoms. The normalized spacial score (nSPS) is 11.2. The third-order valence-electron chi connectivity index (χ3n) is 10.8. The summed E-state index contributed by atoms with van der Waals surface area (Å²) in [7, 11) is 0. The van der Waals surface area contributed by atoms with E-state index < -0.39 is 0 Å². The summed E-state index contributed by atoms with van der Waals surface area (Å²) in [5, 5.41) is 2.54. The van der Waals surface area contributed by atoms with Crippen molar-refractivity contribution in [3.63, 3.8) is 0 Å². The van der Waals surface area contributed by atoms with Crippen LogP contribution in [0.25, 0.3) is 72.0 Å². The zero-order chi connectivity index (χ0) is 37.3. The first-order valence-corrected chi connectivity index (χ1v) is 19.2. The minimum atomic E-state index is 1.09. The molecule has 0 atom stereocenters. The monoisotopic (exact) mass is 714 g/mol. The van der Waals surface area contributed by atoms with Gasteiger partial charge in [-0.2, -0.15) is 0 Å². The molecule has 0 spiro atoms. The first-order valence-electron chi connectivity index (χ1n) is 19.2. The summed E-state index contributed by atoms with van der Waals surface area (Å²) in [6, 6.07) is 83.0. The summed E-state index contributed by atoms with van der Waals surface area (Å²) in [6.07, 6.45) is 0. The largest absolute Gasteiger partial charge is 0.310 e. The fraction of sp³-hybridized carbons (Fsp3) is 0. The molecule has 0 N–H and O–H groups in total. The maximum Gasteiger partial charge on any atom is 0.0546 e. The number of hydrogen-bond donors (Lipinski definition) is 0. The zero-order valence-electron chi connectivity index (χ0n) is 30.8. The van der Waals surface area contributed by atoms with Gasteiger partial charge >= 0.3 is 0 Å². The van der Waals surface area contributed by atoms with Gasteiger partial charge in [0, 0.05) is 33.4 Å². The van der Waals surface area contributed by atoms with Crippen LogP contribution in [0.3, 0.4) is 0 Å². The van der Waals surface area contributed by atoms with E-state index in [2.05, 4.69) is 240 Å². The van der Waals surface area contributed by atoms with Crippen molar-refractivity contribution in [3.05, 3.63) is 231 Å². The van der Waals surface area contributed by atoms with Crippen molar-refractivity contribution in [3.8, 4) is 50.2 Å². The second-order valence-corrected chi connectivity index (χ2v) is 14.1. The third kappa shape index (κ3) is 5.95. The van der Waals surface area contributed by atoms with E-state index in [1.807, 2.05) is 0 Å². The van der Waals surface area contributed by atoms with Crippen molar-refractivity contribution in [2.24, 2.45) is 0 Å². The van der Waals surface area contributed by atoms with Crippen LogP contribution in [0, 0.1) is 0 Å². The highest BCUT2D eigenvalue weighted by Crippen LogP contribution is 2.48. The Kier molecular flexibility index (Phi) is 8.55. The van der Waals surface area contributed by atoms with Gasteiger partial charge in [0.05, 0.1) is 16.7 Å². The fourth-order valence-corrected chi connectivity index (χ4v) is 8.25. The molecule has 0 fully saturated rings. The number of aromatic nitrogens is 1. The summed E-state index contributed by atoms with van der Waals surface area (Å²) < 4.78 is 2.37. The smallest absolute Gasteiger partial charge is 0.0546 e. The summed E-state index contributed by atoms with van der Waals surface area (Å²) in [4.78, 5) is 2.40. The molecule has 0 amide bonds. The van der Waals surface area contributed by atoms with Crippen molar-refractivity contribution in [1.29, 1.82) is 0 Å². The van der Waals surface area contributed by atoms with Crippen LogP contribution >= 0.6 is 0 Å². The van der Waals surface area contributed by atoms with E-state index in [1.54, 1.807) is 0 Å². The number of hydrogen-bond acceptors (Lipinski definition) is 1. The van der Waals surface area contributed by atoms with Crippen LogP contribution in [0.1, 0.15) is 0 Å². The highest BCUT2D eigenvalue weighted by Gasteiger charge is 2.22. The molecular formula is C54H38N2. The molecule has 0 saturated heterocycles. The Balaban J connectivity index is 1.09. The van der Waals surface area contributed by atoms with Crippen molar-refractivity contribution >= 4 is 38.9 Å². The molecule has 264 valence electrons. The summed E-state index contributed by atoms with van der Waals surface area (Å²) in [6.45, 7) is 0. The number of fused-ring (bicyclic) bond motifs is 3. The first kappa shape index (κ1) is 33.2. The topological polar surface area (TPSA) is 8.17 Å². The first-order chi connectivity index (χ1) is 27.8. The molecule has 1 heterocycles. The minimum Gasteiger partial charge on any atom is -0.310 e. The van der Waals surface area contributed by atoms with Gasteiger partial charge in [0.15, 0.2) is 0 Å². The van der Waals surface area contributed by atoms with Gasteiger partial charge in [-0.15, -0.1) is 0 Å². The standard InChI is InChI=1S/C54H38N2/c1-4-17-41(18-5-1)46-23-10-11-26-50(46)54-47(42-19-6-2-7-20-42)27-16-30-53(54)55(43-21-8-3-9-22-43)44-35-31-39(32-36-44)40-33-37-45(38-34-40)56-51-28-14-12-24-48(51)49-25-13-15-29-52(49)56/h1-38H. The van der Waals surface area contributed by atoms with Gasteiger partial charge < -0.3 is 9.47 Å². The van der Waals surface area contributed by atoms with Crippen LogP contribution in [0.2, 0.25) is 0 Å². The molecule has 0 aliphatic carbocycles. The van der Waals surface area contributed by atoms with Gasteiger partial charge in [-0.3, -0.25) is 0 Å². The lowest BCUT2D eigenvalue weighted by atomic mass is 9.87. The highest BCUT2D eigenvalue weighted by atomic mass is 15.1. The SMILES string of the molecule is c1ccc(-c2ccccc2-c2c(-c3ccccc3)cccc2N(c2ccccc2)c2ccc(-c3ccc(-n4c5ccccc5c5ccccc54)cc3)cc2)cc1. The van der Waals surface area contributed by atoms with Gasteiger partial charge in [-0.25, -0.2) is 0 Å². The molecule has 0 bridgehead atoms. The van der Waals surface area contributed by atoms with Gasteiger partial charge in [-0.1, -0.05) is 176 Å². The average molecular weight is 715 g/mol. The van der Waals surface area contributed by atoms with E-state index in [9.17, 15) is 0 Å². The van der Waals surface area contributed by atoms with Crippen molar-refractivity contribution in [2.75, 3.05) is 4.90 Å². The number of nitrogens with zero attached hydrogens (tertiary/aromatic N) is 2. The zero-order valence-corrected chi connectivity index (χ0v) is 30.8. The molecule has 0 unspecified atom stereocenters. The lowest BCUT2D eigenvalue weighted by molar-refractivity contribution is 1.18.